The van der Waals surface area contributed by atoms with Crippen molar-refractivity contribution in [2.75, 3.05) is 18.1 Å². The Morgan fingerprint density at radius 1 is 1.53 bits per heavy atom. The van der Waals surface area contributed by atoms with Crippen LogP contribution >= 0.6 is 11.8 Å². The first kappa shape index (κ1) is 13.4. The van der Waals surface area contributed by atoms with Gasteiger partial charge in [-0.2, -0.15) is 11.8 Å². The molecule has 0 aromatic carbocycles. The molecular formula is C10H11N3O5S. The highest BCUT2D eigenvalue weighted by Gasteiger charge is 2.34. The Balaban J connectivity index is 2.21. The fourth-order valence-corrected chi connectivity index (χ4v) is 2.86. The van der Waals surface area contributed by atoms with Crippen LogP contribution in [0.25, 0.3) is 0 Å². The molecule has 0 radical (unpaired) electrons. The predicted octanol–water partition coefficient (Wildman–Crippen LogP) is 0.565. The lowest BCUT2D eigenvalue weighted by Gasteiger charge is -2.31. The number of thioether (sulfide) groups is 1. The van der Waals surface area contributed by atoms with Gasteiger partial charge in [-0.15, -0.1) is 0 Å². The van der Waals surface area contributed by atoms with E-state index >= 15 is 0 Å². The summed E-state index contributed by atoms with van der Waals surface area (Å²) in [5.74, 6) is -0.911. The third kappa shape index (κ3) is 2.70. The summed E-state index contributed by atoms with van der Waals surface area (Å²) >= 11 is 1.46. The molecule has 1 aliphatic rings. The average Bonchev–Trinajstić information content (AvgIpc) is 2.87. The minimum atomic E-state index is -1.07. The molecule has 0 aliphatic carbocycles. The number of nitrogens with zero attached hydrogens (tertiary/aromatic N) is 2. The maximum absolute atomic E-state index is 12.2. The molecule has 0 bridgehead atoms. The van der Waals surface area contributed by atoms with Crippen molar-refractivity contribution in [3.05, 3.63) is 27.9 Å². The summed E-state index contributed by atoms with van der Waals surface area (Å²) in [5.41, 5.74) is 0.0323. The van der Waals surface area contributed by atoms with E-state index in [0.717, 1.165) is 0 Å². The maximum atomic E-state index is 12.2. The van der Waals surface area contributed by atoms with Gasteiger partial charge < -0.3 is 20.1 Å². The van der Waals surface area contributed by atoms with Gasteiger partial charge in [-0.25, -0.2) is 9.78 Å². The van der Waals surface area contributed by atoms with Crippen LogP contribution < -0.4 is 0 Å². The van der Waals surface area contributed by atoms with Gasteiger partial charge in [0, 0.05) is 24.1 Å². The number of carboxylic acids is 1. The molecular weight excluding hydrogens is 274 g/mol. The molecule has 0 saturated carbocycles. The zero-order valence-corrected chi connectivity index (χ0v) is 10.6. The number of hydrogen-bond donors (Lipinski definition) is 2. The molecule has 19 heavy (non-hydrogen) atoms. The first-order valence-corrected chi connectivity index (χ1v) is 6.61. The topological polar surface area (TPSA) is 117 Å². The number of carbonyl (C=O) groups excluding carboxylic acids is 1. The minimum absolute atomic E-state index is 0.0323. The van der Waals surface area contributed by atoms with Crippen molar-refractivity contribution >= 4 is 29.5 Å². The number of aromatic nitrogens is 1. The van der Waals surface area contributed by atoms with Crippen LogP contribution in [0.3, 0.4) is 0 Å². The summed E-state index contributed by atoms with van der Waals surface area (Å²) in [6.07, 6.45) is 0. The van der Waals surface area contributed by atoms with E-state index < -0.39 is 22.8 Å². The molecule has 1 aromatic rings. The van der Waals surface area contributed by atoms with Crippen LogP contribution in [0, 0.1) is 10.1 Å². The van der Waals surface area contributed by atoms with Gasteiger partial charge in [0.2, 0.25) is 0 Å². The largest absolute Gasteiger partial charge is 0.480 e. The van der Waals surface area contributed by atoms with E-state index in [0.29, 0.717) is 18.1 Å². The molecule has 1 atom stereocenters. The smallest absolute Gasteiger partial charge is 0.327 e. The van der Waals surface area contributed by atoms with E-state index in [2.05, 4.69) is 4.98 Å². The lowest BCUT2D eigenvalue weighted by molar-refractivity contribution is -0.389. The maximum Gasteiger partial charge on any atom is 0.327 e. The van der Waals surface area contributed by atoms with E-state index in [4.69, 9.17) is 5.11 Å². The highest BCUT2D eigenvalue weighted by Crippen LogP contribution is 2.20. The van der Waals surface area contributed by atoms with Gasteiger partial charge in [0.15, 0.2) is 5.69 Å². The van der Waals surface area contributed by atoms with Crippen LogP contribution in [-0.2, 0) is 4.79 Å². The fourth-order valence-electron chi connectivity index (χ4n) is 1.82. The van der Waals surface area contributed by atoms with Gasteiger partial charge in [-0.1, -0.05) is 0 Å². The fraction of sp³-hybridized carbons (Fsp3) is 0.400. The number of rotatable bonds is 3. The van der Waals surface area contributed by atoms with E-state index in [-0.39, 0.29) is 11.5 Å². The summed E-state index contributed by atoms with van der Waals surface area (Å²) in [7, 11) is 0. The Labute approximate surface area is 111 Å². The van der Waals surface area contributed by atoms with Crippen molar-refractivity contribution in [3.8, 4) is 0 Å². The number of aliphatic carboxylic acids is 1. The SMILES string of the molecule is O=C(O)C1CSCCN1C(=O)c1ccc([N+](=O)[O-])[nH]1. The van der Waals surface area contributed by atoms with Crippen molar-refractivity contribution in [1.82, 2.24) is 9.88 Å². The number of carbonyl (C=O) groups is 2. The molecule has 2 rings (SSSR count). The van der Waals surface area contributed by atoms with E-state index in [1.807, 2.05) is 0 Å². The highest BCUT2D eigenvalue weighted by atomic mass is 32.2. The zero-order chi connectivity index (χ0) is 14.0. The lowest BCUT2D eigenvalue weighted by atomic mass is 10.2. The Morgan fingerprint density at radius 2 is 2.26 bits per heavy atom. The number of nitrogens with one attached hydrogen (secondary N) is 1. The van der Waals surface area contributed by atoms with Gasteiger partial charge in [0.1, 0.15) is 6.04 Å². The first-order chi connectivity index (χ1) is 9.00. The molecule has 9 heteroatoms. The molecule has 2 N–H and O–H groups in total. The van der Waals surface area contributed by atoms with Crippen molar-refractivity contribution < 1.29 is 19.6 Å². The predicted molar refractivity (Wildman–Crippen MR) is 67.2 cm³/mol. The molecule has 1 fully saturated rings. The Bertz CT molecular complexity index is 529. The molecule has 102 valence electrons. The third-order valence-corrected chi connectivity index (χ3v) is 3.79. The Morgan fingerprint density at radius 3 is 2.84 bits per heavy atom. The van der Waals surface area contributed by atoms with E-state index in [1.165, 1.54) is 28.8 Å². The minimum Gasteiger partial charge on any atom is -0.480 e. The second-order valence-corrected chi connectivity index (χ2v) is 5.09. The number of nitro groups is 1. The molecule has 1 aromatic heterocycles. The zero-order valence-electron chi connectivity index (χ0n) is 9.74. The van der Waals surface area contributed by atoms with Crippen LogP contribution in [0.4, 0.5) is 5.82 Å². The summed E-state index contributed by atoms with van der Waals surface area (Å²) < 4.78 is 0. The Kier molecular flexibility index (Phi) is 3.74. The summed E-state index contributed by atoms with van der Waals surface area (Å²) in [6, 6.07) is 1.58. The van der Waals surface area contributed by atoms with Gasteiger partial charge in [0.05, 0.1) is 0 Å². The quantitative estimate of drug-likeness (QED) is 0.619. The standard InChI is InChI=1S/C10H11N3O5S/c14-9(6-1-2-8(11-6)13(17)18)12-3-4-19-5-7(12)10(15)16/h1-2,7,11H,3-5H2,(H,15,16). The molecule has 1 aliphatic heterocycles. The van der Waals surface area contributed by atoms with Crippen molar-refractivity contribution in [1.29, 1.82) is 0 Å². The number of aromatic amines is 1. The van der Waals surface area contributed by atoms with Crippen LogP contribution in [0.15, 0.2) is 12.1 Å². The Hall–Kier alpha value is -2.03. The highest BCUT2D eigenvalue weighted by molar-refractivity contribution is 7.99. The van der Waals surface area contributed by atoms with Crippen LogP contribution in [0.1, 0.15) is 10.5 Å². The number of hydrogen-bond acceptors (Lipinski definition) is 5. The third-order valence-electron chi connectivity index (χ3n) is 2.77. The summed E-state index contributed by atoms with van der Waals surface area (Å²) in [5, 5.41) is 19.6. The first-order valence-electron chi connectivity index (χ1n) is 5.45. The summed E-state index contributed by atoms with van der Waals surface area (Å²) in [6.45, 7) is 0.313. The second-order valence-electron chi connectivity index (χ2n) is 3.94. The average molecular weight is 285 g/mol. The van der Waals surface area contributed by atoms with Crippen LogP contribution in [0.5, 0.6) is 0 Å². The monoisotopic (exact) mass is 285 g/mol. The van der Waals surface area contributed by atoms with E-state index in [1.54, 1.807) is 0 Å². The lowest BCUT2D eigenvalue weighted by Crippen LogP contribution is -2.50. The van der Waals surface area contributed by atoms with Crippen LogP contribution in [-0.4, -0.2) is 55.9 Å². The second kappa shape index (κ2) is 5.31. The van der Waals surface area contributed by atoms with Gasteiger partial charge in [-0.05, 0) is 11.0 Å². The van der Waals surface area contributed by atoms with Crippen molar-refractivity contribution in [2.45, 2.75) is 6.04 Å². The number of H-pyrrole nitrogens is 1. The number of amides is 1. The molecule has 8 nitrogen and oxygen atoms in total. The van der Waals surface area contributed by atoms with Crippen molar-refractivity contribution in [2.24, 2.45) is 0 Å². The van der Waals surface area contributed by atoms with Gasteiger partial charge in [-0.3, -0.25) is 4.79 Å². The molecule has 1 saturated heterocycles. The van der Waals surface area contributed by atoms with Crippen molar-refractivity contribution in [3.63, 3.8) is 0 Å². The summed E-state index contributed by atoms with van der Waals surface area (Å²) in [4.78, 5) is 36.7. The molecule has 2 heterocycles. The normalized spacial score (nSPS) is 19.2. The number of carboxylic acid groups (broad SMARTS) is 1. The van der Waals surface area contributed by atoms with Crippen LogP contribution in [0.2, 0.25) is 0 Å². The van der Waals surface area contributed by atoms with Gasteiger partial charge >= 0.3 is 11.8 Å². The molecule has 1 unspecified atom stereocenters. The molecule has 0 spiro atoms. The van der Waals surface area contributed by atoms with Gasteiger partial charge in [0.25, 0.3) is 5.91 Å². The molecule has 1 amide bonds. The van der Waals surface area contributed by atoms with E-state index in [9.17, 15) is 19.7 Å².